The molecule has 2 heterocycles. The Bertz CT molecular complexity index is 505. The van der Waals surface area contributed by atoms with Crippen LogP contribution in [0.15, 0.2) is 31.8 Å². The molecule has 0 saturated carbocycles. The van der Waals surface area contributed by atoms with Gasteiger partial charge in [0, 0.05) is 6.42 Å². The maximum absolute atomic E-state index is 5.66. The quantitative estimate of drug-likeness (QED) is 0.784. The third-order valence-electron chi connectivity index (χ3n) is 2.67. The molecule has 0 radical (unpaired) electrons. The van der Waals surface area contributed by atoms with Crippen molar-refractivity contribution in [3.63, 3.8) is 0 Å². The average molecular weight is 327 g/mol. The third-order valence-corrected chi connectivity index (χ3v) is 3.09. The molecule has 2 aromatic heterocycles. The van der Waals surface area contributed by atoms with Crippen LogP contribution in [0.5, 0.6) is 0 Å². The van der Waals surface area contributed by atoms with E-state index in [0.717, 1.165) is 31.8 Å². The van der Waals surface area contributed by atoms with Crippen LogP contribution >= 0.6 is 15.9 Å². The predicted octanol–water partition coefficient (Wildman–Crippen LogP) is 3.88. The number of oxazole rings is 1. The van der Waals surface area contributed by atoms with Crippen LogP contribution in [0.3, 0.4) is 0 Å². The summed E-state index contributed by atoms with van der Waals surface area (Å²) in [5.41, 5.74) is 0. The summed E-state index contributed by atoms with van der Waals surface area (Å²) in [5, 5.41) is 3.40. The van der Waals surface area contributed by atoms with Crippen LogP contribution in [0.1, 0.15) is 26.2 Å². The van der Waals surface area contributed by atoms with Crippen molar-refractivity contribution in [2.45, 2.75) is 26.7 Å². The SMILES string of the molecule is CC(C)CNCCCc1ncc(-c2ccc(Br)o2)o1. The largest absolute Gasteiger partial charge is 0.446 e. The number of hydrogen-bond donors (Lipinski definition) is 1. The van der Waals surface area contributed by atoms with Crippen LogP contribution in [-0.4, -0.2) is 18.1 Å². The normalized spacial score (nSPS) is 11.4. The van der Waals surface area contributed by atoms with Crippen LogP contribution in [0, 0.1) is 5.92 Å². The van der Waals surface area contributed by atoms with E-state index in [4.69, 9.17) is 8.83 Å². The monoisotopic (exact) mass is 326 g/mol. The molecule has 0 saturated heterocycles. The highest BCUT2D eigenvalue weighted by atomic mass is 79.9. The van der Waals surface area contributed by atoms with Gasteiger partial charge in [0.2, 0.25) is 0 Å². The number of hydrogen-bond acceptors (Lipinski definition) is 4. The standard InChI is InChI=1S/C14H19BrN2O2/c1-10(2)8-16-7-3-4-14-17-9-12(19-14)11-5-6-13(15)18-11/h5-6,9-10,16H,3-4,7-8H2,1-2H3. The Kier molecular flexibility index (Phi) is 5.22. The highest BCUT2D eigenvalue weighted by molar-refractivity contribution is 9.10. The van der Waals surface area contributed by atoms with Gasteiger partial charge >= 0.3 is 0 Å². The van der Waals surface area contributed by atoms with Crippen molar-refractivity contribution in [3.8, 4) is 11.5 Å². The summed E-state index contributed by atoms with van der Waals surface area (Å²) in [7, 11) is 0. The first-order valence-electron chi connectivity index (χ1n) is 6.56. The van der Waals surface area contributed by atoms with E-state index in [0.29, 0.717) is 22.1 Å². The molecule has 0 unspecified atom stereocenters. The Balaban J connectivity index is 1.78. The highest BCUT2D eigenvalue weighted by Gasteiger charge is 2.09. The minimum absolute atomic E-state index is 0.677. The zero-order valence-corrected chi connectivity index (χ0v) is 12.9. The van der Waals surface area contributed by atoms with Gasteiger partial charge in [-0.15, -0.1) is 0 Å². The van der Waals surface area contributed by atoms with Gasteiger partial charge < -0.3 is 14.2 Å². The van der Waals surface area contributed by atoms with Gasteiger partial charge in [-0.1, -0.05) is 13.8 Å². The van der Waals surface area contributed by atoms with Crippen molar-refractivity contribution in [2.24, 2.45) is 5.92 Å². The fourth-order valence-corrected chi connectivity index (χ4v) is 2.05. The fraction of sp³-hybridized carbons (Fsp3) is 0.500. The number of nitrogens with zero attached hydrogens (tertiary/aromatic N) is 1. The molecule has 0 aliphatic rings. The molecule has 2 aromatic rings. The van der Waals surface area contributed by atoms with E-state index >= 15 is 0 Å². The molecule has 1 N–H and O–H groups in total. The van der Waals surface area contributed by atoms with Crippen molar-refractivity contribution >= 4 is 15.9 Å². The number of nitrogens with one attached hydrogen (secondary N) is 1. The molecule has 104 valence electrons. The second-order valence-electron chi connectivity index (χ2n) is 4.92. The summed E-state index contributed by atoms with van der Waals surface area (Å²) < 4.78 is 11.8. The van der Waals surface area contributed by atoms with E-state index in [2.05, 4.69) is 40.1 Å². The number of aryl methyl sites for hydroxylation is 1. The molecule has 5 heteroatoms. The summed E-state index contributed by atoms with van der Waals surface area (Å²) in [4.78, 5) is 4.26. The average Bonchev–Trinajstić information content (AvgIpc) is 2.97. The molecular weight excluding hydrogens is 308 g/mol. The second kappa shape index (κ2) is 6.91. The molecule has 0 atom stereocenters. The number of furan rings is 1. The Morgan fingerprint density at radius 2 is 2.11 bits per heavy atom. The Hall–Kier alpha value is -1.07. The molecule has 0 aliphatic carbocycles. The van der Waals surface area contributed by atoms with Gasteiger partial charge in [0.05, 0.1) is 6.20 Å². The minimum atomic E-state index is 0.677. The van der Waals surface area contributed by atoms with Gasteiger partial charge in [0.15, 0.2) is 22.1 Å². The molecule has 0 fully saturated rings. The topological polar surface area (TPSA) is 51.2 Å². The lowest BCUT2D eigenvalue weighted by molar-refractivity contribution is 0.464. The second-order valence-corrected chi connectivity index (χ2v) is 5.71. The van der Waals surface area contributed by atoms with Crippen LogP contribution in [0.2, 0.25) is 0 Å². The van der Waals surface area contributed by atoms with Crippen molar-refractivity contribution in [1.29, 1.82) is 0 Å². The first kappa shape index (κ1) is 14.3. The lowest BCUT2D eigenvalue weighted by Crippen LogP contribution is -2.21. The maximum atomic E-state index is 5.66. The summed E-state index contributed by atoms with van der Waals surface area (Å²) in [6, 6.07) is 3.70. The molecule has 0 bridgehead atoms. The van der Waals surface area contributed by atoms with Crippen LogP contribution in [0.25, 0.3) is 11.5 Å². The Labute approximate surface area is 121 Å². The maximum Gasteiger partial charge on any atom is 0.195 e. The van der Waals surface area contributed by atoms with Gasteiger partial charge in [-0.25, -0.2) is 4.98 Å². The molecule has 19 heavy (non-hydrogen) atoms. The predicted molar refractivity (Wildman–Crippen MR) is 77.9 cm³/mol. The van der Waals surface area contributed by atoms with Crippen molar-refractivity contribution in [1.82, 2.24) is 10.3 Å². The zero-order chi connectivity index (χ0) is 13.7. The van der Waals surface area contributed by atoms with Gasteiger partial charge in [-0.2, -0.15) is 0 Å². The molecule has 0 aromatic carbocycles. The molecule has 0 aliphatic heterocycles. The van der Waals surface area contributed by atoms with E-state index in [1.807, 2.05) is 12.1 Å². The summed E-state index contributed by atoms with van der Waals surface area (Å²) in [6.07, 6.45) is 3.57. The number of aromatic nitrogens is 1. The van der Waals surface area contributed by atoms with Crippen molar-refractivity contribution in [2.75, 3.05) is 13.1 Å². The van der Waals surface area contributed by atoms with E-state index in [1.54, 1.807) is 6.20 Å². The van der Waals surface area contributed by atoms with Gasteiger partial charge in [-0.3, -0.25) is 0 Å². The van der Waals surface area contributed by atoms with Crippen LogP contribution < -0.4 is 5.32 Å². The number of halogens is 1. The highest BCUT2D eigenvalue weighted by Crippen LogP contribution is 2.25. The van der Waals surface area contributed by atoms with Gasteiger partial charge in [0.1, 0.15) is 0 Å². The van der Waals surface area contributed by atoms with E-state index in [-0.39, 0.29) is 0 Å². The Morgan fingerprint density at radius 3 is 2.79 bits per heavy atom. The molecule has 0 spiro atoms. The number of rotatable bonds is 7. The zero-order valence-electron chi connectivity index (χ0n) is 11.3. The van der Waals surface area contributed by atoms with E-state index < -0.39 is 0 Å². The van der Waals surface area contributed by atoms with E-state index in [9.17, 15) is 0 Å². The van der Waals surface area contributed by atoms with Crippen LogP contribution in [0.4, 0.5) is 0 Å². The lowest BCUT2D eigenvalue weighted by atomic mass is 10.2. The molecule has 2 rings (SSSR count). The lowest BCUT2D eigenvalue weighted by Gasteiger charge is -2.05. The molecule has 0 amide bonds. The minimum Gasteiger partial charge on any atom is -0.446 e. The van der Waals surface area contributed by atoms with Crippen molar-refractivity contribution in [3.05, 3.63) is 28.9 Å². The van der Waals surface area contributed by atoms with Crippen LogP contribution in [-0.2, 0) is 6.42 Å². The van der Waals surface area contributed by atoms with Gasteiger partial charge in [0.25, 0.3) is 0 Å². The fourth-order valence-electron chi connectivity index (χ4n) is 1.74. The first-order chi connectivity index (χ1) is 9.15. The van der Waals surface area contributed by atoms with Crippen molar-refractivity contribution < 1.29 is 8.83 Å². The molecular formula is C14H19BrN2O2. The summed E-state index contributed by atoms with van der Waals surface area (Å²) in [6.45, 7) is 6.45. The summed E-state index contributed by atoms with van der Waals surface area (Å²) >= 11 is 3.27. The molecule has 4 nitrogen and oxygen atoms in total. The smallest absolute Gasteiger partial charge is 0.195 e. The first-order valence-corrected chi connectivity index (χ1v) is 7.35. The van der Waals surface area contributed by atoms with Gasteiger partial charge in [-0.05, 0) is 53.5 Å². The third kappa shape index (κ3) is 4.51. The Morgan fingerprint density at radius 1 is 1.26 bits per heavy atom. The summed E-state index contributed by atoms with van der Waals surface area (Å²) in [5.74, 6) is 2.82. The van der Waals surface area contributed by atoms with E-state index in [1.165, 1.54) is 0 Å².